The number of amides is 1. The highest BCUT2D eigenvalue weighted by Gasteiger charge is 2.33. The Kier molecular flexibility index (Phi) is 3.49. The van der Waals surface area contributed by atoms with Crippen LogP contribution in [0.5, 0.6) is 5.75 Å². The maximum atomic E-state index is 12.3. The van der Waals surface area contributed by atoms with Gasteiger partial charge in [0.25, 0.3) is 0 Å². The number of nitro groups is 1. The predicted octanol–water partition coefficient (Wildman–Crippen LogP) is 4.35. The molecule has 3 aromatic rings. The number of carbonyl (C=O) groups excluding carboxylic acids is 1. The molecule has 1 atom stereocenters. The summed E-state index contributed by atoms with van der Waals surface area (Å²) < 4.78 is 0. The topological polar surface area (TPSA) is 92.5 Å². The highest BCUT2D eigenvalue weighted by atomic mass is 16.6. The van der Waals surface area contributed by atoms with Crippen LogP contribution in [0.15, 0.2) is 54.6 Å². The van der Waals surface area contributed by atoms with Crippen molar-refractivity contribution in [3.63, 3.8) is 0 Å². The lowest BCUT2D eigenvalue weighted by atomic mass is 9.80. The molecular formula is C22H16N2O4. The second-order valence-electron chi connectivity index (χ2n) is 7.20. The van der Waals surface area contributed by atoms with E-state index in [2.05, 4.69) is 17.4 Å². The molecule has 0 spiro atoms. The Bertz CT molecular complexity index is 1170. The number of nitro benzene ring substituents is 1. The molecule has 28 heavy (non-hydrogen) atoms. The van der Waals surface area contributed by atoms with E-state index < -0.39 is 4.92 Å². The minimum Gasteiger partial charge on any atom is -0.502 e. The first-order chi connectivity index (χ1) is 13.5. The van der Waals surface area contributed by atoms with Crippen LogP contribution in [0.3, 0.4) is 0 Å². The summed E-state index contributed by atoms with van der Waals surface area (Å²) in [4.78, 5) is 23.0. The second-order valence-corrected chi connectivity index (χ2v) is 7.20. The molecule has 0 aromatic heterocycles. The van der Waals surface area contributed by atoms with Gasteiger partial charge in [0.2, 0.25) is 5.91 Å². The van der Waals surface area contributed by atoms with E-state index in [1.54, 1.807) is 6.07 Å². The second kappa shape index (κ2) is 5.92. The first-order valence-corrected chi connectivity index (χ1v) is 9.04. The van der Waals surface area contributed by atoms with Crippen LogP contribution >= 0.6 is 0 Å². The minimum atomic E-state index is -0.603. The van der Waals surface area contributed by atoms with E-state index >= 15 is 0 Å². The number of carbonyl (C=O) groups is 1. The van der Waals surface area contributed by atoms with Crippen molar-refractivity contribution in [2.75, 3.05) is 5.32 Å². The molecule has 1 aliphatic carbocycles. The average molecular weight is 372 g/mol. The maximum Gasteiger partial charge on any atom is 0.310 e. The minimum absolute atomic E-state index is 0.122. The Labute approximate surface area is 160 Å². The molecule has 0 radical (unpaired) electrons. The molecule has 6 nitrogen and oxygen atoms in total. The number of phenolic OH excluding ortho intramolecular Hbond substituents is 1. The van der Waals surface area contributed by atoms with Crippen molar-refractivity contribution < 1.29 is 14.8 Å². The molecule has 0 fully saturated rings. The fraction of sp³-hybridized carbons (Fsp3) is 0.136. The summed E-state index contributed by atoms with van der Waals surface area (Å²) in [5, 5.41) is 24.0. The molecule has 1 amide bonds. The van der Waals surface area contributed by atoms with Gasteiger partial charge in [-0.3, -0.25) is 14.9 Å². The Hall–Kier alpha value is -3.67. The first kappa shape index (κ1) is 16.5. The SMILES string of the molecule is O=C1CC(c2ccc(O)c([N+](=O)[O-])c2)c2c(ccc3c2Cc2ccccc2-3)N1. The van der Waals surface area contributed by atoms with Crippen molar-refractivity contribution >= 4 is 17.3 Å². The monoisotopic (exact) mass is 372 g/mol. The van der Waals surface area contributed by atoms with Crippen LogP contribution in [0.25, 0.3) is 11.1 Å². The van der Waals surface area contributed by atoms with Gasteiger partial charge >= 0.3 is 5.69 Å². The molecule has 1 aliphatic heterocycles. The summed E-state index contributed by atoms with van der Waals surface area (Å²) in [6.07, 6.45) is 0.975. The van der Waals surface area contributed by atoms with Crippen molar-refractivity contribution in [3.8, 4) is 16.9 Å². The van der Waals surface area contributed by atoms with Crippen molar-refractivity contribution in [2.24, 2.45) is 0 Å². The molecule has 2 aliphatic rings. The van der Waals surface area contributed by atoms with Crippen LogP contribution < -0.4 is 5.32 Å². The third-order valence-electron chi connectivity index (χ3n) is 5.64. The predicted molar refractivity (Wildman–Crippen MR) is 105 cm³/mol. The quantitative estimate of drug-likeness (QED) is 0.404. The zero-order valence-corrected chi connectivity index (χ0v) is 14.8. The van der Waals surface area contributed by atoms with Gasteiger partial charge in [-0.1, -0.05) is 36.4 Å². The van der Waals surface area contributed by atoms with Crippen molar-refractivity contribution in [1.29, 1.82) is 0 Å². The number of rotatable bonds is 2. The number of phenols is 1. The van der Waals surface area contributed by atoms with Gasteiger partial charge in [-0.2, -0.15) is 0 Å². The summed E-state index contributed by atoms with van der Waals surface area (Å²) in [6, 6.07) is 16.5. The summed E-state index contributed by atoms with van der Waals surface area (Å²) in [5.41, 5.74) is 6.79. The molecule has 5 rings (SSSR count). The van der Waals surface area contributed by atoms with Crippen LogP contribution in [0.2, 0.25) is 0 Å². The number of nitrogens with zero attached hydrogens (tertiary/aromatic N) is 1. The molecule has 0 saturated heterocycles. The van der Waals surface area contributed by atoms with Gasteiger partial charge in [0.15, 0.2) is 5.75 Å². The van der Waals surface area contributed by atoms with Crippen LogP contribution in [-0.4, -0.2) is 15.9 Å². The van der Waals surface area contributed by atoms with Gasteiger partial charge in [-0.15, -0.1) is 0 Å². The first-order valence-electron chi connectivity index (χ1n) is 9.04. The summed E-state index contributed by atoms with van der Waals surface area (Å²) in [5.74, 6) is -0.795. The number of anilines is 1. The zero-order chi connectivity index (χ0) is 19.4. The Balaban J connectivity index is 1.71. The van der Waals surface area contributed by atoms with E-state index in [9.17, 15) is 20.0 Å². The van der Waals surface area contributed by atoms with E-state index in [1.807, 2.05) is 24.3 Å². The lowest BCUT2D eigenvalue weighted by Gasteiger charge is -2.28. The lowest BCUT2D eigenvalue weighted by molar-refractivity contribution is -0.385. The third-order valence-corrected chi connectivity index (χ3v) is 5.64. The largest absolute Gasteiger partial charge is 0.502 e. The fourth-order valence-corrected chi connectivity index (χ4v) is 4.42. The number of hydrogen-bond acceptors (Lipinski definition) is 4. The van der Waals surface area contributed by atoms with Gasteiger partial charge in [-0.25, -0.2) is 0 Å². The third kappa shape index (κ3) is 2.38. The van der Waals surface area contributed by atoms with Gasteiger partial charge in [0.1, 0.15) is 0 Å². The highest BCUT2D eigenvalue weighted by molar-refractivity contribution is 5.97. The average Bonchev–Trinajstić information content (AvgIpc) is 3.06. The Morgan fingerprint density at radius 1 is 1.07 bits per heavy atom. The van der Waals surface area contributed by atoms with Gasteiger partial charge in [0.05, 0.1) is 4.92 Å². The number of nitrogens with one attached hydrogen (secondary N) is 1. The molecule has 3 aromatic carbocycles. The van der Waals surface area contributed by atoms with Gasteiger partial charge < -0.3 is 10.4 Å². The van der Waals surface area contributed by atoms with Crippen LogP contribution in [0, 0.1) is 10.1 Å². The van der Waals surface area contributed by atoms with E-state index in [0.717, 1.165) is 28.8 Å². The van der Waals surface area contributed by atoms with Gasteiger partial charge in [0, 0.05) is 24.1 Å². The van der Waals surface area contributed by atoms with Crippen LogP contribution in [-0.2, 0) is 11.2 Å². The summed E-state index contributed by atoms with van der Waals surface area (Å²) >= 11 is 0. The Morgan fingerprint density at radius 3 is 2.71 bits per heavy atom. The standard InChI is InChI=1S/C22H16N2O4/c25-20-8-5-13(10-19(20)24(27)28)16-11-21(26)23-18-7-6-15-14-4-2-1-3-12(14)9-17(15)22(16)18/h1-8,10,16,25H,9,11H2,(H,23,26). The van der Waals surface area contributed by atoms with Crippen molar-refractivity contribution in [2.45, 2.75) is 18.8 Å². The fourth-order valence-electron chi connectivity index (χ4n) is 4.42. The van der Waals surface area contributed by atoms with Gasteiger partial charge in [-0.05, 0) is 51.9 Å². The number of aromatic hydroxyl groups is 1. The summed E-state index contributed by atoms with van der Waals surface area (Å²) in [7, 11) is 0. The van der Waals surface area contributed by atoms with Crippen LogP contribution in [0.4, 0.5) is 11.4 Å². The van der Waals surface area contributed by atoms with E-state index in [-0.39, 0.29) is 29.7 Å². The Morgan fingerprint density at radius 2 is 1.89 bits per heavy atom. The van der Waals surface area contributed by atoms with E-state index in [0.29, 0.717) is 5.56 Å². The molecule has 2 N–H and O–H groups in total. The zero-order valence-electron chi connectivity index (χ0n) is 14.8. The van der Waals surface area contributed by atoms with E-state index in [1.165, 1.54) is 23.3 Å². The normalized spacial score (nSPS) is 16.7. The lowest BCUT2D eigenvalue weighted by Crippen LogP contribution is -2.24. The molecule has 6 heteroatoms. The molecule has 1 unspecified atom stereocenters. The van der Waals surface area contributed by atoms with Crippen molar-refractivity contribution in [3.05, 3.63) is 87.0 Å². The molecule has 138 valence electrons. The number of hydrogen-bond donors (Lipinski definition) is 2. The highest BCUT2D eigenvalue weighted by Crippen LogP contribution is 2.48. The van der Waals surface area contributed by atoms with Crippen LogP contribution in [0.1, 0.15) is 34.6 Å². The number of benzene rings is 3. The molecule has 0 saturated carbocycles. The number of fused-ring (bicyclic) bond motifs is 5. The molecule has 1 heterocycles. The summed E-state index contributed by atoms with van der Waals surface area (Å²) in [6.45, 7) is 0. The smallest absolute Gasteiger partial charge is 0.310 e. The molecular weight excluding hydrogens is 356 g/mol. The maximum absolute atomic E-state index is 12.3. The van der Waals surface area contributed by atoms with Crippen molar-refractivity contribution in [1.82, 2.24) is 0 Å². The van der Waals surface area contributed by atoms with E-state index in [4.69, 9.17) is 0 Å². The molecule has 0 bridgehead atoms.